The number of nitrogens with zero attached hydrogens (tertiary/aromatic N) is 2. The molecule has 0 aliphatic heterocycles. The summed E-state index contributed by atoms with van der Waals surface area (Å²) in [6.07, 6.45) is 3.50. The molecular weight excluding hydrogens is 258 g/mol. The minimum Gasteiger partial charge on any atom is -0.370 e. The van der Waals surface area contributed by atoms with E-state index in [1.54, 1.807) is 0 Å². The number of aryl methyl sites for hydroxylation is 1. The summed E-state index contributed by atoms with van der Waals surface area (Å²) in [5.41, 5.74) is 4.78. The summed E-state index contributed by atoms with van der Waals surface area (Å²) < 4.78 is 0. The molecule has 1 fully saturated rings. The van der Waals surface area contributed by atoms with E-state index in [9.17, 15) is 0 Å². The maximum Gasteiger partial charge on any atom is 0.134 e. The third-order valence-corrected chi connectivity index (χ3v) is 4.06. The second-order valence-corrected chi connectivity index (χ2v) is 5.76. The van der Waals surface area contributed by atoms with E-state index in [1.807, 2.05) is 0 Å². The van der Waals surface area contributed by atoms with Crippen LogP contribution in [-0.4, -0.2) is 16.5 Å². The Balaban J connectivity index is 2.10. The van der Waals surface area contributed by atoms with E-state index in [4.69, 9.17) is 9.97 Å². The zero-order valence-corrected chi connectivity index (χ0v) is 13.1. The van der Waals surface area contributed by atoms with E-state index in [1.165, 1.54) is 24.0 Å². The molecule has 1 N–H and O–H groups in total. The van der Waals surface area contributed by atoms with Gasteiger partial charge in [0.2, 0.25) is 0 Å². The Hall–Kier alpha value is -1.90. The highest BCUT2D eigenvalue weighted by atomic mass is 15.0. The van der Waals surface area contributed by atoms with Crippen molar-refractivity contribution in [2.24, 2.45) is 0 Å². The van der Waals surface area contributed by atoms with Crippen molar-refractivity contribution in [3.63, 3.8) is 0 Å². The summed E-state index contributed by atoms with van der Waals surface area (Å²) in [6, 6.07) is 8.70. The molecule has 1 aliphatic carbocycles. The number of nitrogens with one attached hydrogen (secondary N) is 1. The van der Waals surface area contributed by atoms with Gasteiger partial charge in [-0.3, -0.25) is 0 Å². The molecule has 0 amide bonds. The van der Waals surface area contributed by atoms with Gasteiger partial charge in [-0.15, -0.1) is 0 Å². The molecule has 2 aromatic rings. The largest absolute Gasteiger partial charge is 0.370 e. The lowest BCUT2D eigenvalue weighted by molar-refractivity contribution is 0.918. The number of benzene rings is 1. The van der Waals surface area contributed by atoms with Crippen LogP contribution in [0.2, 0.25) is 0 Å². The molecule has 1 saturated carbocycles. The highest BCUT2D eigenvalue weighted by Gasteiger charge is 2.28. The standard InChI is InChI=1S/C18H23N3/c1-4-13-7-6-8-15(11-13)16-12(3)17(19-5-2)21-18(20-16)14-9-10-14/h6-8,11,14H,4-5,9-10H2,1-3H3,(H,19,20,21). The van der Waals surface area contributed by atoms with Crippen molar-refractivity contribution < 1.29 is 0 Å². The van der Waals surface area contributed by atoms with Crippen LogP contribution in [0.4, 0.5) is 5.82 Å². The third-order valence-electron chi connectivity index (χ3n) is 4.06. The molecule has 21 heavy (non-hydrogen) atoms. The summed E-state index contributed by atoms with van der Waals surface area (Å²) in [5, 5.41) is 3.39. The van der Waals surface area contributed by atoms with E-state index in [2.05, 4.69) is 50.4 Å². The zero-order chi connectivity index (χ0) is 14.8. The van der Waals surface area contributed by atoms with Crippen molar-refractivity contribution in [1.29, 1.82) is 0 Å². The van der Waals surface area contributed by atoms with Gasteiger partial charge in [0.05, 0.1) is 5.69 Å². The fourth-order valence-corrected chi connectivity index (χ4v) is 2.62. The van der Waals surface area contributed by atoms with Crippen molar-refractivity contribution in [2.45, 2.75) is 46.0 Å². The molecule has 3 heteroatoms. The van der Waals surface area contributed by atoms with Crippen LogP contribution < -0.4 is 5.32 Å². The van der Waals surface area contributed by atoms with Crippen LogP contribution in [-0.2, 0) is 6.42 Å². The molecule has 1 aromatic heterocycles. The molecule has 0 unspecified atom stereocenters. The molecule has 0 radical (unpaired) electrons. The van der Waals surface area contributed by atoms with Crippen molar-refractivity contribution in [3.8, 4) is 11.3 Å². The quantitative estimate of drug-likeness (QED) is 0.886. The number of hydrogen-bond acceptors (Lipinski definition) is 3. The number of rotatable bonds is 5. The maximum atomic E-state index is 4.87. The molecule has 0 spiro atoms. The smallest absolute Gasteiger partial charge is 0.134 e. The van der Waals surface area contributed by atoms with Gasteiger partial charge in [-0.1, -0.05) is 25.1 Å². The second kappa shape index (κ2) is 5.84. The Morgan fingerprint density at radius 2 is 2.00 bits per heavy atom. The minimum absolute atomic E-state index is 0.566. The average molecular weight is 281 g/mol. The monoisotopic (exact) mass is 281 g/mol. The first-order valence-corrected chi connectivity index (χ1v) is 7.94. The highest BCUT2D eigenvalue weighted by molar-refractivity contribution is 5.69. The van der Waals surface area contributed by atoms with Crippen LogP contribution in [0, 0.1) is 6.92 Å². The first-order chi connectivity index (χ1) is 10.2. The van der Waals surface area contributed by atoms with Crippen molar-refractivity contribution in [3.05, 3.63) is 41.2 Å². The lowest BCUT2D eigenvalue weighted by Crippen LogP contribution is -2.07. The van der Waals surface area contributed by atoms with E-state index in [-0.39, 0.29) is 0 Å². The third kappa shape index (κ3) is 2.92. The molecule has 0 bridgehead atoms. The highest BCUT2D eigenvalue weighted by Crippen LogP contribution is 2.40. The van der Waals surface area contributed by atoms with Gasteiger partial charge in [0.25, 0.3) is 0 Å². The van der Waals surface area contributed by atoms with E-state index in [0.717, 1.165) is 35.9 Å². The molecule has 3 nitrogen and oxygen atoms in total. The fourth-order valence-electron chi connectivity index (χ4n) is 2.62. The molecule has 1 aliphatic rings. The van der Waals surface area contributed by atoms with Crippen LogP contribution in [0.25, 0.3) is 11.3 Å². The summed E-state index contributed by atoms with van der Waals surface area (Å²) in [4.78, 5) is 9.60. The minimum atomic E-state index is 0.566. The molecular formula is C18H23N3. The van der Waals surface area contributed by atoms with Gasteiger partial charge in [-0.2, -0.15) is 0 Å². The van der Waals surface area contributed by atoms with Crippen LogP contribution >= 0.6 is 0 Å². The molecule has 1 aromatic carbocycles. The summed E-state index contributed by atoms with van der Waals surface area (Å²) in [7, 11) is 0. The first kappa shape index (κ1) is 14.1. The topological polar surface area (TPSA) is 37.8 Å². The summed E-state index contributed by atoms with van der Waals surface area (Å²) >= 11 is 0. The van der Waals surface area contributed by atoms with Gasteiger partial charge in [0.15, 0.2) is 0 Å². The normalized spacial score (nSPS) is 14.2. The van der Waals surface area contributed by atoms with Gasteiger partial charge in [-0.05, 0) is 44.7 Å². The predicted octanol–water partition coefficient (Wildman–Crippen LogP) is 4.32. The van der Waals surface area contributed by atoms with E-state index in [0.29, 0.717) is 5.92 Å². The van der Waals surface area contributed by atoms with Gasteiger partial charge in [0, 0.05) is 23.6 Å². The lowest BCUT2D eigenvalue weighted by Gasteiger charge is -2.14. The lowest BCUT2D eigenvalue weighted by atomic mass is 10.0. The summed E-state index contributed by atoms with van der Waals surface area (Å²) in [5.74, 6) is 2.57. The van der Waals surface area contributed by atoms with Gasteiger partial charge in [-0.25, -0.2) is 9.97 Å². The predicted molar refractivity (Wildman–Crippen MR) is 87.7 cm³/mol. The Labute approximate surface area is 126 Å². The number of aromatic nitrogens is 2. The van der Waals surface area contributed by atoms with Crippen molar-refractivity contribution >= 4 is 5.82 Å². The fraction of sp³-hybridized carbons (Fsp3) is 0.444. The molecule has 1 heterocycles. The van der Waals surface area contributed by atoms with Crippen molar-refractivity contribution in [1.82, 2.24) is 9.97 Å². The Kier molecular flexibility index (Phi) is 3.91. The van der Waals surface area contributed by atoms with Crippen LogP contribution in [0.15, 0.2) is 24.3 Å². The molecule has 110 valence electrons. The van der Waals surface area contributed by atoms with E-state index < -0.39 is 0 Å². The number of hydrogen-bond donors (Lipinski definition) is 1. The molecule has 0 saturated heterocycles. The van der Waals surface area contributed by atoms with Crippen LogP contribution in [0.5, 0.6) is 0 Å². The Morgan fingerprint density at radius 3 is 2.67 bits per heavy atom. The summed E-state index contributed by atoms with van der Waals surface area (Å²) in [6.45, 7) is 7.29. The Bertz CT molecular complexity index is 645. The number of anilines is 1. The average Bonchev–Trinajstić information content (AvgIpc) is 3.34. The second-order valence-electron chi connectivity index (χ2n) is 5.76. The van der Waals surface area contributed by atoms with Gasteiger partial charge < -0.3 is 5.32 Å². The van der Waals surface area contributed by atoms with Gasteiger partial charge >= 0.3 is 0 Å². The van der Waals surface area contributed by atoms with E-state index >= 15 is 0 Å². The maximum absolute atomic E-state index is 4.87. The SMILES string of the molecule is CCNc1nc(C2CC2)nc(-c2cccc(CC)c2)c1C. The van der Waals surface area contributed by atoms with Gasteiger partial charge in [0.1, 0.15) is 11.6 Å². The van der Waals surface area contributed by atoms with Crippen LogP contribution in [0.3, 0.4) is 0 Å². The molecule has 0 atom stereocenters. The van der Waals surface area contributed by atoms with Crippen LogP contribution in [0.1, 0.15) is 49.6 Å². The Morgan fingerprint density at radius 1 is 1.19 bits per heavy atom. The van der Waals surface area contributed by atoms with Crippen molar-refractivity contribution in [2.75, 3.05) is 11.9 Å². The first-order valence-electron chi connectivity index (χ1n) is 7.94. The zero-order valence-electron chi connectivity index (χ0n) is 13.1. The molecule has 3 rings (SSSR count).